The van der Waals surface area contributed by atoms with Crippen molar-refractivity contribution in [2.24, 2.45) is 0 Å². The summed E-state index contributed by atoms with van der Waals surface area (Å²) >= 11 is 0. The predicted molar refractivity (Wildman–Crippen MR) is 164 cm³/mol. The van der Waals surface area contributed by atoms with Crippen LogP contribution in [0.4, 0.5) is 0 Å². The van der Waals surface area contributed by atoms with Crippen molar-refractivity contribution in [2.75, 3.05) is 26.2 Å². The zero-order chi connectivity index (χ0) is 26.2. The highest BCUT2D eigenvalue weighted by Gasteiger charge is 2.04. The molecule has 2 heteroatoms. The van der Waals surface area contributed by atoms with Crippen molar-refractivity contribution in [1.29, 1.82) is 0 Å². The van der Waals surface area contributed by atoms with Crippen LogP contribution in [0.3, 0.4) is 0 Å². The Labute approximate surface area is 228 Å². The third-order valence-corrected chi connectivity index (χ3v) is 7.42. The van der Waals surface area contributed by atoms with Crippen molar-refractivity contribution >= 4 is 0 Å². The third-order valence-electron chi connectivity index (χ3n) is 7.42. The van der Waals surface area contributed by atoms with Crippen LogP contribution in [-0.4, -0.2) is 36.2 Å². The van der Waals surface area contributed by atoms with Crippen molar-refractivity contribution in [3.8, 4) is 0 Å². The van der Waals surface area contributed by atoms with E-state index in [2.05, 4.69) is 43.1 Å². The first-order valence-electron chi connectivity index (χ1n) is 16.5. The first kappa shape index (κ1) is 35.4. The zero-order valence-corrected chi connectivity index (χ0v) is 25.0. The van der Waals surface area contributed by atoms with Gasteiger partial charge in [0.15, 0.2) is 0 Å². The van der Waals surface area contributed by atoms with Crippen molar-refractivity contribution in [3.63, 3.8) is 0 Å². The van der Waals surface area contributed by atoms with E-state index >= 15 is 0 Å². The Morgan fingerprint density at radius 3 is 1.22 bits per heavy atom. The monoisotopic (exact) mass is 506 g/mol. The molecule has 2 nitrogen and oxygen atoms in total. The van der Waals surface area contributed by atoms with Crippen LogP contribution in [0.25, 0.3) is 0 Å². The molecule has 0 radical (unpaired) electrons. The average molecular weight is 506 g/mol. The number of unbranched alkanes of at least 4 members (excludes halogenated alkanes) is 20. The van der Waals surface area contributed by atoms with Gasteiger partial charge in [-0.15, -0.1) is 0 Å². The van der Waals surface area contributed by atoms with Crippen LogP contribution in [0, 0.1) is 0 Å². The number of aliphatic hydroxyl groups is 1. The minimum atomic E-state index is 0.306. The van der Waals surface area contributed by atoms with E-state index in [4.69, 9.17) is 0 Å². The van der Waals surface area contributed by atoms with Gasteiger partial charge in [-0.3, -0.25) is 0 Å². The second kappa shape index (κ2) is 32.4. The summed E-state index contributed by atoms with van der Waals surface area (Å²) < 4.78 is 0. The summed E-state index contributed by atoms with van der Waals surface area (Å²) in [6, 6.07) is 0. The lowest BCUT2D eigenvalue weighted by molar-refractivity contribution is 0.190. The third kappa shape index (κ3) is 29.6. The number of hydrogen-bond acceptors (Lipinski definition) is 2. The second-order valence-corrected chi connectivity index (χ2v) is 11.0. The van der Waals surface area contributed by atoms with Crippen LogP contribution in [-0.2, 0) is 0 Å². The van der Waals surface area contributed by atoms with Gasteiger partial charge in [0.05, 0.1) is 6.61 Å². The Balaban J connectivity index is 3.46. The quantitative estimate of drug-likeness (QED) is 0.0775. The highest BCUT2D eigenvalue weighted by atomic mass is 16.3. The molecule has 1 N–H and O–H groups in total. The molecule has 0 saturated heterocycles. The molecule has 0 amide bonds. The van der Waals surface area contributed by atoms with Crippen LogP contribution in [0.2, 0.25) is 0 Å². The van der Waals surface area contributed by atoms with Gasteiger partial charge in [0.25, 0.3) is 0 Å². The lowest BCUT2D eigenvalue weighted by atomic mass is 10.1. The topological polar surface area (TPSA) is 23.5 Å². The predicted octanol–water partition coefficient (Wildman–Crippen LogP) is 10.8. The van der Waals surface area contributed by atoms with E-state index in [1.54, 1.807) is 0 Å². The molecule has 36 heavy (non-hydrogen) atoms. The highest BCUT2D eigenvalue weighted by Crippen LogP contribution is 2.13. The molecule has 0 unspecified atom stereocenters. The van der Waals surface area contributed by atoms with Crippen molar-refractivity contribution < 1.29 is 5.11 Å². The summed E-state index contributed by atoms with van der Waals surface area (Å²) in [4.78, 5) is 2.50. The highest BCUT2D eigenvalue weighted by molar-refractivity contribution is 4.92. The first-order chi connectivity index (χ1) is 17.8. The molecule has 0 aromatic rings. The smallest absolute Gasteiger partial charge is 0.0558 e. The number of hydrogen-bond donors (Lipinski definition) is 1. The first-order valence-corrected chi connectivity index (χ1v) is 16.5. The second-order valence-electron chi connectivity index (χ2n) is 11.0. The number of nitrogens with zero attached hydrogens (tertiary/aromatic N) is 1. The van der Waals surface area contributed by atoms with Gasteiger partial charge >= 0.3 is 0 Å². The van der Waals surface area contributed by atoms with Gasteiger partial charge in [0.1, 0.15) is 0 Å². The molecule has 0 aromatic heterocycles. The van der Waals surface area contributed by atoms with Crippen LogP contribution in [0.1, 0.15) is 168 Å². The van der Waals surface area contributed by atoms with Crippen LogP contribution < -0.4 is 0 Å². The van der Waals surface area contributed by atoms with Gasteiger partial charge in [-0.25, -0.2) is 0 Å². The molecule has 0 spiro atoms. The number of aliphatic hydroxyl groups excluding tert-OH is 1. The molecule has 0 fully saturated rings. The van der Waals surface area contributed by atoms with Gasteiger partial charge in [0, 0.05) is 6.54 Å². The average Bonchev–Trinajstić information content (AvgIpc) is 2.89. The van der Waals surface area contributed by atoms with E-state index in [1.165, 1.54) is 161 Å². The fraction of sp³-hybridized carbons (Fsp3) is 0.882. The summed E-state index contributed by atoms with van der Waals surface area (Å²) in [5.41, 5.74) is 0. The molecule has 0 aliphatic heterocycles. The molecular formula is C34H67NO. The molecule has 0 saturated carbocycles. The lowest BCUT2D eigenvalue weighted by Crippen LogP contribution is -2.29. The van der Waals surface area contributed by atoms with Crippen molar-refractivity contribution in [3.05, 3.63) is 24.3 Å². The van der Waals surface area contributed by atoms with Gasteiger partial charge in [-0.05, 0) is 58.0 Å². The SMILES string of the molecule is CCCCC/C=C\C/C=C\CCCCCCCCN(CCO)CCCCCCCCCCCCCC. The Bertz CT molecular complexity index is 444. The van der Waals surface area contributed by atoms with Crippen LogP contribution in [0.15, 0.2) is 24.3 Å². The zero-order valence-electron chi connectivity index (χ0n) is 25.0. The van der Waals surface area contributed by atoms with Gasteiger partial charge < -0.3 is 10.0 Å². The van der Waals surface area contributed by atoms with E-state index in [0.717, 1.165) is 13.0 Å². The van der Waals surface area contributed by atoms with Crippen molar-refractivity contribution in [2.45, 2.75) is 168 Å². The van der Waals surface area contributed by atoms with E-state index in [0.29, 0.717) is 6.61 Å². The molecule has 214 valence electrons. The Hall–Kier alpha value is -0.600. The van der Waals surface area contributed by atoms with Gasteiger partial charge in [-0.1, -0.05) is 147 Å². The summed E-state index contributed by atoms with van der Waals surface area (Å²) in [6.45, 7) is 8.08. The fourth-order valence-corrected chi connectivity index (χ4v) is 4.98. The largest absolute Gasteiger partial charge is 0.395 e. The summed E-state index contributed by atoms with van der Waals surface area (Å²) in [7, 11) is 0. The molecule has 0 bridgehead atoms. The molecule has 0 aromatic carbocycles. The number of allylic oxidation sites excluding steroid dienone is 4. The maximum Gasteiger partial charge on any atom is 0.0558 e. The maximum atomic E-state index is 9.41. The summed E-state index contributed by atoms with van der Waals surface area (Å²) in [5, 5.41) is 9.41. The minimum Gasteiger partial charge on any atom is -0.395 e. The normalized spacial score (nSPS) is 12.1. The lowest BCUT2D eigenvalue weighted by Gasteiger charge is -2.21. The van der Waals surface area contributed by atoms with Gasteiger partial charge in [-0.2, -0.15) is 0 Å². The molecular weight excluding hydrogens is 438 g/mol. The number of rotatable bonds is 30. The Morgan fingerprint density at radius 2 is 0.778 bits per heavy atom. The fourth-order valence-electron chi connectivity index (χ4n) is 4.98. The standard InChI is InChI=1S/C34H67NO/c1-3-5-7-9-11-13-15-17-18-19-20-22-24-26-28-30-32-35(33-34-36)31-29-27-25-23-21-16-14-12-10-8-6-4-2/h11,13,17-18,36H,3-10,12,14-16,19-34H2,1-2H3/b13-11-,18-17-. The molecule has 0 aliphatic carbocycles. The Kier molecular flexibility index (Phi) is 31.9. The molecule has 0 rings (SSSR count). The van der Waals surface area contributed by atoms with E-state index in [1.807, 2.05) is 0 Å². The van der Waals surface area contributed by atoms with Crippen molar-refractivity contribution in [1.82, 2.24) is 4.90 Å². The van der Waals surface area contributed by atoms with E-state index < -0.39 is 0 Å². The van der Waals surface area contributed by atoms with Crippen LogP contribution in [0.5, 0.6) is 0 Å². The molecule has 0 aliphatic rings. The van der Waals surface area contributed by atoms with Crippen LogP contribution >= 0.6 is 0 Å². The maximum absolute atomic E-state index is 9.41. The molecule has 0 heterocycles. The van der Waals surface area contributed by atoms with E-state index in [9.17, 15) is 5.11 Å². The van der Waals surface area contributed by atoms with Gasteiger partial charge in [0.2, 0.25) is 0 Å². The summed E-state index contributed by atoms with van der Waals surface area (Å²) in [6.07, 6.45) is 42.0. The summed E-state index contributed by atoms with van der Waals surface area (Å²) in [5.74, 6) is 0. The Morgan fingerprint density at radius 1 is 0.417 bits per heavy atom. The van der Waals surface area contributed by atoms with E-state index in [-0.39, 0.29) is 0 Å². The minimum absolute atomic E-state index is 0.306. The molecule has 0 atom stereocenters.